The number of aromatic amines is 1. The van der Waals surface area contributed by atoms with Crippen LogP contribution in [-0.4, -0.2) is 81.7 Å². The van der Waals surface area contributed by atoms with E-state index in [1.807, 2.05) is 38.1 Å². The molecule has 0 saturated carbocycles. The van der Waals surface area contributed by atoms with Crippen molar-refractivity contribution >= 4 is 57.7 Å². The Hall–Kier alpha value is -4.72. The number of thiophene rings is 1. The van der Waals surface area contributed by atoms with Crippen LogP contribution in [0.3, 0.4) is 0 Å². The molecule has 5 N–H and O–H groups in total. The molecule has 5 amide bonds. The molecule has 3 aromatic rings. The van der Waals surface area contributed by atoms with Crippen LogP contribution < -0.4 is 21.3 Å². The number of para-hydroxylation sites is 1. The van der Waals surface area contributed by atoms with E-state index in [4.69, 9.17) is 4.74 Å². The Morgan fingerprint density at radius 1 is 0.900 bits per heavy atom. The molecule has 0 unspecified atom stereocenters. The maximum atomic E-state index is 14.2. The molecular weight excluding hydrogens is 660 g/mol. The van der Waals surface area contributed by atoms with Crippen LogP contribution in [0.5, 0.6) is 0 Å². The van der Waals surface area contributed by atoms with Crippen molar-refractivity contribution in [3.8, 4) is 0 Å². The van der Waals surface area contributed by atoms with Crippen LogP contribution in [0.15, 0.2) is 48.0 Å². The summed E-state index contributed by atoms with van der Waals surface area (Å²) in [5, 5.41) is 13.9. The molecule has 13 nitrogen and oxygen atoms in total. The lowest BCUT2D eigenvalue weighted by Gasteiger charge is -2.30. The first-order chi connectivity index (χ1) is 23.7. The molecule has 0 bridgehead atoms. The number of nitrogens with one attached hydrogen (secondary N) is 5. The van der Waals surface area contributed by atoms with E-state index in [1.165, 1.54) is 16.2 Å². The van der Waals surface area contributed by atoms with Crippen LogP contribution in [0.2, 0.25) is 0 Å². The molecule has 5 rings (SSSR count). The first-order valence-electron chi connectivity index (χ1n) is 17.0. The third kappa shape index (κ3) is 8.89. The summed E-state index contributed by atoms with van der Waals surface area (Å²) in [5.41, 5.74) is 0.727. The van der Waals surface area contributed by atoms with E-state index >= 15 is 0 Å². The Morgan fingerprint density at radius 3 is 2.30 bits per heavy atom. The summed E-state index contributed by atoms with van der Waals surface area (Å²) in [6, 6.07) is 5.28. The molecule has 14 heteroatoms. The van der Waals surface area contributed by atoms with Crippen molar-refractivity contribution in [2.75, 3.05) is 6.54 Å². The van der Waals surface area contributed by atoms with E-state index in [9.17, 15) is 28.8 Å². The van der Waals surface area contributed by atoms with Crippen molar-refractivity contribution in [1.82, 2.24) is 31.2 Å². The predicted octanol–water partition coefficient (Wildman–Crippen LogP) is 2.87. The number of carbonyl (C=O) groups excluding carboxylic acids is 6. The van der Waals surface area contributed by atoms with Gasteiger partial charge in [0.05, 0.1) is 6.42 Å². The number of fused-ring (bicyclic) bond motifs is 2. The van der Waals surface area contributed by atoms with Gasteiger partial charge in [-0.3, -0.25) is 28.8 Å². The summed E-state index contributed by atoms with van der Waals surface area (Å²) in [7, 11) is 0. The van der Waals surface area contributed by atoms with Gasteiger partial charge in [0, 0.05) is 34.9 Å². The predicted molar refractivity (Wildman–Crippen MR) is 188 cm³/mol. The average molecular weight is 707 g/mol. The number of hydrogen-bond donors (Lipinski definition) is 5. The molecule has 4 heterocycles. The van der Waals surface area contributed by atoms with E-state index in [-0.39, 0.29) is 25.3 Å². The second-order valence-electron chi connectivity index (χ2n) is 14.3. The number of nitrogens with zero attached hydrogens (tertiary/aromatic N) is 1. The zero-order valence-corrected chi connectivity index (χ0v) is 29.9. The van der Waals surface area contributed by atoms with Crippen molar-refractivity contribution in [3.63, 3.8) is 0 Å². The molecular formula is C36H46N6O7S. The molecule has 1 aromatic carbocycles. The molecule has 2 fully saturated rings. The van der Waals surface area contributed by atoms with Crippen LogP contribution in [0.1, 0.15) is 76.8 Å². The van der Waals surface area contributed by atoms with Gasteiger partial charge in [0.15, 0.2) is 0 Å². The van der Waals surface area contributed by atoms with Gasteiger partial charge in [-0.25, -0.2) is 0 Å². The smallest absolute Gasteiger partial charge is 0.308 e. The number of esters is 1. The monoisotopic (exact) mass is 706 g/mol. The van der Waals surface area contributed by atoms with Gasteiger partial charge in [-0.2, -0.15) is 0 Å². The Bertz CT molecular complexity index is 1730. The molecule has 50 heavy (non-hydrogen) atoms. The number of ether oxygens (including phenoxy) is 1. The van der Waals surface area contributed by atoms with Crippen molar-refractivity contribution in [2.45, 2.75) is 103 Å². The molecule has 2 saturated heterocycles. The average Bonchev–Trinajstić information content (AvgIpc) is 3.82. The summed E-state index contributed by atoms with van der Waals surface area (Å²) < 4.78 is 5.52. The van der Waals surface area contributed by atoms with Crippen molar-refractivity contribution in [3.05, 3.63) is 58.4 Å². The quantitative estimate of drug-likeness (QED) is 0.235. The zero-order chi connectivity index (χ0) is 36.2. The minimum Gasteiger partial charge on any atom is -0.460 e. The number of hydrogen-bond acceptors (Lipinski definition) is 8. The van der Waals surface area contributed by atoms with Gasteiger partial charge in [-0.15, -0.1) is 11.3 Å². The summed E-state index contributed by atoms with van der Waals surface area (Å²) in [4.78, 5) is 88.4. The lowest BCUT2D eigenvalue weighted by atomic mass is 10.00. The Labute approximate surface area is 295 Å². The summed E-state index contributed by atoms with van der Waals surface area (Å²) in [5.74, 6) is -3.82. The van der Waals surface area contributed by atoms with Crippen LogP contribution in [-0.2, 0) is 39.9 Å². The lowest BCUT2D eigenvalue weighted by molar-refractivity contribution is -0.158. The van der Waals surface area contributed by atoms with Crippen molar-refractivity contribution in [2.24, 2.45) is 5.92 Å². The molecule has 2 aliphatic rings. The molecule has 5 atom stereocenters. The highest BCUT2D eigenvalue weighted by molar-refractivity contribution is 7.10. The van der Waals surface area contributed by atoms with Crippen LogP contribution >= 0.6 is 11.3 Å². The van der Waals surface area contributed by atoms with Crippen LogP contribution in [0.25, 0.3) is 10.9 Å². The second-order valence-corrected chi connectivity index (χ2v) is 15.3. The number of rotatable bonds is 7. The van der Waals surface area contributed by atoms with Gasteiger partial charge in [0.1, 0.15) is 35.8 Å². The van der Waals surface area contributed by atoms with Crippen molar-refractivity contribution < 1.29 is 33.5 Å². The number of amides is 5. The van der Waals surface area contributed by atoms with Gasteiger partial charge in [-0.1, -0.05) is 38.1 Å². The zero-order valence-electron chi connectivity index (χ0n) is 29.0. The van der Waals surface area contributed by atoms with E-state index in [2.05, 4.69) is 26.3 Å². The van der Waals surface area contributed by atoms with E-state index in [1.54, 1.807) is 44.5 Å². The van der Waals surface area contributed by atoms with Gasteiger partial charge in [0.25, 0.3) is 0 Å². The SMILES string of the molecule is CC(C)C[C@@H]1NC(=O)[C@@H](c2cccs2)NC(=O)[C@@H]2CCCN2C(=O)[C@@H](CC(=O)OC(C)(C)C)NC(=O)[C@@H](Cc2c[nH]c3ccccc23)NC1=O. The van der Waals surface area contributed by atoms with Gasteiger partial charge in [0.2, 0.25) is 29.5 Å². The fraction of sp³-hybridized carbons (Fsp3) is 0.500. The minimum absolute atomic E-state index is 0.0216. The highest BCUT2D eigenvalue weighted by atomic mass is 32.1. The molecule has 0 aliphatic carbocycles. The summed E-state index contributed by atoms with van der Waals surface area (Å²) in [6.07, 6.45) is 2.38. The van der Waals surface area contributed by atoms with Gasteiger partial charge in [-0.05, 0) is 69.0 Å². The Morgan fingerprint density at radius 2 is 1.60 bits per heavy atom. The van der Waals surface area contributed by atoms with Gasteiger partial charge < -0.3 is 35.9 Å². The number of carbonyl (C=O) groups is 6. The third-order valence-corrected chi connectivity index (χ3v) is 9.63. The third-order valence-electron chi connectivity index (χ3n) is 8.69. The van der Waals surface area contributed by atoms with E-state index in [0.29, 0.717) is 17.7 Å². The number of H-pyrrole nitrogens is 1. The number of benzene rings is 1. The van der Waals surface area contributed by atoms with Gasteiger partial charge >= 0.3 is 5.97 Å². The van der Waals surface area contributed by atoms with E-state index < -0.39 is 77.7 Å². The first-order valence-corrected chi connectivity index (χ1v) is 17.9. The fourth-order valence-electron chi connectivity index (χ4n) is 6.45. The summed E-state index contributed by atoms with van der Waals surface area (Å²) in [6.45, 7) is 9.11. The Kier molecular flexibility index (Phi) is 11.3. The Balaban J connectivity index is 1.56. The van der Waals surface area contributed by atoms with Crippen molar-refractivity contribution in [1.29, 1.82) is 0 Å². The fourth-order valence-corrected chi connectivity index (χ4v) is 7.22. The standard InChI is InChI=1S/C36H46N6O7S/c1-20(2)16-24-31(44)38-25(17-21-19-37-23-11-7-6-10-22(21)23)32(45)40-26(18-29(43)49-36(3,4)5)35(48)42-14-8-12-27(42)33(46)41-30(34(47)39-24)28-13-9-15-50-28/h6-7,9-11,13,15,19-20,24-27,30,37H,8,12,14,16-18H2,1-5H3,(H,38,44)(H,39,47)(H,40,45)(H,41,46)/t24-,25+,26+,27-,30+/m0/s1. The topological polar surface area (TPSA) is 179 Å². The molecule has 2 aliphatic heterocycles. The molecule has 0 spiro atoms. The highest BCUT2D eigenvalue weighted by Gasteiger charge is 2.42. The molecule has 0 radical (unpaired) electrons. The van der Waals surface area contributed by atoms with Crippen LogP contribution in [0.4, 0.5) is 0 Å². The number of aromatic nitrogens is 1. The first kappa shape index (κ1) is 36.6. The highest BCUT2D eigenvalue weighted by Crippen LogP contribution is 2.25. The second kappa shape index (κ2) is 15.4. The van der Waals surface area contributed by atoms with E-state index in [0.717, 1.165) is 16.5 Å². The van der Waals surface area contributed by atoms with Crippen LogP contribution in [0, 0.1) is 5.92 Å². The summed E-state index contributed by atoms with van der Waals surface area (Å²) >= 11 is 1.27. The normalized spacial score (nSPS) is 24.2. The molecule has 268 valence electrons. The minimum atomic E-state index is -1.39. The molecule has 2 aromatic heterocycles. The lowest BCUT2D eigenvalue weighted by Crippen LogP contribution is -2.58. The largest absolute Gasteiger partial charge is 0.460 e. The maximum absolute atomic E-state index is 14.2. The maximum Gasteiger partial charge on any atom is 0.308 e.